The molecule has 0 aliphatic heterocycles. The first kappa shape index (κ1) is 9.61. The predicted molar refractivity (Wildman–Crippen MR) is 49.5 cm³/mol. The van der Waals surface area contributed by atoms with Crippen molar-refractivity contribution >= 4 is 0 Å². The van der Waals surface area contributed by atoms with Crippen LogP contribution >= 0.6 is 0 Å². The number of rotatable bonds is 5. The summed E-state index contributed by atoms with van der Waals surface area (Å²) in [5, 5.41) is 3.90. The van der Waals surface area contributed by atoms with Gasteiger partial charge in [0.05, 0.1) is 0 Å². The van der Waals surface area contributed by atoms with E-state index in [2.05, 4.69) is 10.1 Å². The van der Waals surface area contributed by atoms with E-state index in [0.717, 1.165) is 0 Å². The van der Waals surface area contributed by atoms with E-state index < -0.39 is 0 Å². The molecule has 0 aromatic carbocycles. The SMILES string of the molecule is COC(c1noc(CCN)n1)C1CC1. The van der Waals surface area contributed by atoms with Crippen LogP contribution in [0.5, 0.6) is 0 Å². The maximum atomic E-state index is 5.39. The fourth-order valence-electron chi connectivity index (χ4n) is 1.52. The molecule has 1 heterocycles. The standard InChI is InChI=1S/C9H15N3O2/c1-13-8(6-2-3-6)9-11-7(4-5-10)14-12-9/h6,8H,2-5,10H2,1H3. The molecule has 1 unspecified atom stereocenters. The summed E-state index contributed by atoms with van der Waals surface area (Å²) in [4.78, 5) is 4.25. The average molecular weight is 197 g/mol. The molecule has 0 saturated heterocycles. The molecule has 0 bridgehead atoms. The maximum Gasteiger partial charge on any atom is 0.228 e. The predicted octanol–water partition coefficient (Wildman–Crippen LogP) is 0.668. The van der Waals surface area contributed by atoms with Gasteiger partial charge in [0.1, 0.15) is 6.10 Å². The number of nitrogens with zero attached hydrogens (tertiary/aromatic N) is 2. The van der Waals surface area contributed by atoms with Gasteiger partial charge in [0.15, 0.2) is 0 Å². The van der Waals surface area contributed by atoms with Crippen LogP contribution in [0.3, 0.4) is 0 Å². The summed E-state index contributed by atoms with van der Waals surface area (Å²) in [5.74, 6) is 1.84. The first-order chi connectivity index (χ1) is 6.85. The van der Waals surface area contributed by atoms with E-state index in [1.165, 1.54) is 12.8 Å². The van der Waals surface area contributed by atoms with Crippen LogP contribution in [0.15, 0.2) is 4.52 Å². The lowest BCUT2D eigenvalue weighted by atomic mass is 10.2. The van der Waals surface area contributed by atoms with E-state index >= 15 is 0 Å². The summed E-state index contributed by atoms with van der Waals surface area (Å²) < 4.78 is 10.4. The third kappa shape index (κ3) is 1.93. The van der Waals surface area contributed by atoms with Crippen molar-refractivity contribution in [1.29, 1.82) is 0 Å². The fraction of sp³-hybridized carbons (Fsp3) is 0.778. The number of aromatic nitrogens is 2. The first-order valence-corrected chi connectivity index (χ1v) is 4.90. The Kier molecular flexibility index (Phi) is 2.79. The van der Waals surface area contributed by atoms with E-state index in [-0.39, 0.29) is 6.10 Å². The molecule has 5 heteroatoms. The van der Waals surface area contributed by atoms with Crippen LogP contribution in [-0.4, -0.2) is 23.8 Å². The van der Waals surface area contributed by atoms with Crippen LogP contribution in [0, 0.1) is 5.92 Å². The Bertz CT molecular complexity index is 296. The molecule has 78 valence electrons. The van der Waals surface area contributed by atoms with Crippen LogP contribution < -0.4 is 5.73 Å². The monoisotopic (exact) mass is 197 g/mol. The average Bonchev–Trinajstić information content (AvgIpc) is 2.90. The summed E-state index contributed by atoms with van der Waals surface area (Å²) in [6.45, 7) is 0.530. The van der Waals surface area contributed by atoms with Crippen LogP contribution in [0.4, 0.5) is 0 Å². The maximum absolute atomic E-state index is 5.39. The van der Waals surface area contributed by atoms with E-state index in [1.54, 1.807) is 7.11 Å². The topological polar surface area (TPSA) is 74.2 Å². The van der Waals surface area contributed by atoms with Gasteiger partial charge < -0.3 is 15.0 Å². The molecule has 5 nitrogen and oxygen atoms in total. The second-order valence-electron chi connectivity index (χ2n) is 3.58. The molecule has 0 radical (unpaired) electrons. The molecule has 1 aromatic rings. The lowest BCUT2D eigenvalue weighted by molar-refractivity contribution is 0.0751. The largest absolute Gasteiger partial charge is 0.373 e. The van der Waals surface area contributed by atoms with E-state index in [4.69, 9.17) is 15.0 Å². The second-order valence-corrected chi connectivity index (χ2v) is 3.58. The van der Waals surface area contributed by atoms with Gasteiger partial charge in [-0.15, -0.1) is 0 Å². The third-order valence-corrected chi connectivity index (χ3v) is 2.40. The lowest BCUT2D eigenvalue weighted by Crippen LogP contribution is -2.07. The molecular formula is C9H15N3O2. The number of methoxy groups -OCH3 is 1. The Morgan fingerprint density at radius 2 is 2.43 bits per heavy atom. The molecule has 1 fully saturated rings. The van der Waals surface area contributed by atoms with Crippen LogP contribution in [0.1, 0.15) is 30.7 Å². The summed E-state index contributed by atoms with van der Waals surface area (Å²) in [5.41, 5.74) is 5.39. The molecule has 1 aromatic heterocycles. The van der Waals surface area contributed by atoms with Crippen LogP contribution in [-0.2, 0) is 11.2 Å². The highest BCUT2D eigenvalue weighted by Gasteiger charge is 2.35. The molecule has 1 atom stereocenters. The van der Waals surface area contributed by atoms with E-state index in [1.807, 2.05) is 0 Å². The number of hydrogen-bond donors (Lipinski definition) is 1. The Morgan fingerprint density at radius 1 is 1.64 bits per heavy atom. The van der Waals surface area contributed by atoms with E-state index in [0.29, 0.717) is 30.6 Å². The number of hydrogen-bond acceptors (Lipinski definition) is 5. The van der Waals surface area contributed by atoms with Gasteiger partial charge in [-0.05, 0) is 18.8 Å². The zero-order chi connectivity index (χ0) is 9.97. The summed E-state index contributed by atoms with van der Waals surface area (Å²) in [6.07, 6.45) is 3.03. The summed E-state index contributed by atoms with van der Waals surface area (Å²) in [6, 6.07) is 0. The minimum Gasteiger partial charge on any atom is -0.373 e. The normalized spacial score (nSPS) is 18.4. The molecule has 2 rings (SSSR count). The smallest absolute Gasteiger partial charge is 0.228 e. The fourth-order valence-corrected chi connectivity index (χ4v) is 1.52. The molecule has 1 aliphatic carbocycles. The molecule has 1 aliphatic rings. The van der Waals surface area contributed by atoms with Crippen molar-refractivity contribution in [2.24, 2.45) is 11.7 Å². The van der Waals surface area contributed by atoms with Crippen LogP contribution in [0.2, 0.25) is 0 Å². The van der Waals surface area contributed by atoms with Gasteiger partial charge in [0.2, 0.25) is 11.7 Å². The minimum absolute atomic E-state index is 0.00488. The van der Waals surface area contributed by atoms with Gasteiger partial charge in [-0.3, -0.25) is 0 Å². The summed E-state index contributed by atoms with van der Waals surface area (Å²) >= 11 is 0. The van der Waals surface area contributed by atoms with Gasteiger partial charge in [-0.2, -0.15) is 4.98 Å². The highest BCUT2D eigenvalue weighted by atomic mass is 16.5. The minimum atomic E-state index is 0.00488. The highest BCUT2D eigenvalue weighted by molar-refractivity contribution is 4.98. The van der Waals surface area contributed by atoms with Gasteiger partial charge in [0, 0.05) is 20.1 Å². The van der Waals surface area contributed by atoms with Gasteiger partial charge in [0.25, 0.3) is 0 Å². The Labute approximate surface area is 82.6 Å². The van der Waals surface area contributed by atoms with Crippen molar-refractivity contribution in [3.8, 4) is 0 Å². The van der Waals surface area contributed by atoms with Crippen molar-refractivity contribution in [1.82, 2.24) is 10.1 Å². The Balaban J connectivity index is 2.05. The van der Waals surface area contributed by atoms with Crippen molar-refractivity contribution in [3.63, 3.8) is 0 Å². The van der Waals surface area contributed by atoms with E-state index in [9.17, 15) is 0 Å². The molecule has 2 N–H and O–H groups in total. The molecule has 0 spiro atoms. The Hall–Kier alpha value is -0.940. The molecular weight excluding hydrogens is 182 g/mol. The number of ether oxygens (including phenoxy) is 1. The van der Waals surface area contributed by atoms with Crippen molar-refractivity contribution in [2.75, 3.05) is 13.7 Å². The molecule has 0 amide bonds. The highest BCUT2D eigenvalue weighted by Crippen LogP contribution is 2.41. The van der Waals surface area contributed by atoms with Crippen LogP contribution in [0.25, 0.3) is 0 Å². The van der Waals surface area contributed by atoms with Crippen molar-refractivity contribution in [2.45, 2.75) is 25.4 Å². The molecule has 14 heavy (non-hydrogen) atoms. The molecule has 1 saturated carbocycles. The zero-order valence-electron chi connectivity index (χ0n) is 8.27. The number of nitrogens with two attached hydrogens (primary N) is 1. The lowest BCUT2D eigenvalue weighted by Gasteiger charge is -2.07. The van der Waals surface area contributed by atoms with Gasteiger partial charge >= 0.3 is 0 Å². The second kappa shape index (κ2) is 4.06. The van der Waals surface area contributed by atoms with Gasteiger partial charge in [-0.25, -0.2) is 0 Å². The third-order valence-electron chi connectivity index (χ3n) is 2.40. The quantitative estimate of drug-likeness (QED) is 0.750. The zero-order valence-corrected chi connectivity index (χ0v) is 8.27. The van der Waals surface area contributed by atoms with Crippen molar-refractivity contribution < 1.29 is 9.26 Å². The van der Waals surface area contributed by atoms with Crippen molar-refractivity contribution in [3.05, 3.63) is 11.7 Å². The Morgan fingerprint density at radius 3 is 3.00 bits per heavy atom. The first-order valence-electron chi connectivity index (χ1n) is 4.90. The van der Waals surface area contributed by atoms with Gasteiger partial charge in [-0.1, -0.05) is 5.16 Å². The summed E-state index contributed by atoms with van der Waals surface area (Å²) in [7, 11) is 1.68.